The zero-order valence-electron chi connectivity index (χ0n) is 12.5. The summed E-state index contributed by atoms with van der Waals surface area (Å²) in [6, 6.07) is 5.79. The molecule has 1 aromatic rings. The second-order valence-corrected chi connectivity index (χ2v) is 6.01. The van der Waals surface area contributed by atoms with Crippen molar-refractivity contribution in [3.05, 3.63) is 33.8 Å². The first-order valence-electron chi connectivity index (χ1n) is 7.59. The second kappa shape index (κ2) is 10.4. The molecule has 0 saturated heterocycles. The molecule has 4 heteroatoms. The Balaban J connectivity index is 2.47. The van der Waals surface area contributed by atoms with Crippen LogP contribution in [0.5, 0.6) is 0 Å². The predicted molar refractivity (Wildman–Crippen MR) is 89.6 cm³/mol. The molecule has 20 heavy (non-hydrogen) atoms. The fraction of sp³-hybridized carbons (Fsp3) is 0.625. The average molecular weight is 317 g/mol. The summed E-state index contributed by atoms with van der Waals surface area (Å²) in [6.45, 7) is 6.32. The maximum Gasteiger partial charge on any atom is 0.0456 e. The highest BCUT2D eigenvalue weighted by Crippen LogP contribution is 2.29. The molecule has 0 saturated carbocycles. The molecule has 2 N–H and O–H groups in total. The number of hydrogen-bond donors (Lipinski definition) is 2. The molecule has 0 aliphatic carbocycles. The summed E-state index contributed by atoms with van der Waals surface area (Å²) in [5, 5.41) is 1.46. The van der Waals surface area contributed by atoms with E-state index in [0.717, 1.165) is 31.0 Å². The lowest BCUT2D eigenvalue weighted by Crippen LogP contribution is -2.36. The van der Waals surface area contributed by atoms with E-state index in [4.69, 9.17) is 23.2 Å². The second-order valence-electron chi connectivity index (χ2n) is 5.17. The zero-order valence-corrected chi connectivity index (χ0v) is 14.0. The fourth-order valence-electron chi connectivity index (χ4n) is 2.30. The molecule has 0 aliphatic rings. The van der Waals surface area contributed by atoms with E-state index in [-0.39, 0.29) is 0 Å². The first-order chi connectivity index (χ1) is 9.69. The van der Waals surface area contributed by atoms with Crippen molar-refractivity contribution in [1.82, 2.24) is 10.9 Å². The largest absolute Gasteiger partial charge is 0.258 e. The van der Waals surface area contributed by atoms with Crippen LogP contribution < -0.4 is 10.9 Å². The minimum Gasteiger partial charge on any atom is -0.258 e. The van der Waals surface area contributed by atoms with Crippen LogP contribution in [0, 0.1) is 0 Å². The van der Waals surface area contributed by atoms with E-state index in [1.807, 2.05) is 18.2 Å². The van der Waals surface area contributed by atoms with Gasteiger partial charge in [0, 0.05) is 23.1 Å². The van der Waals surface area contributed by atoms with Gasteiger partial charge in [0.2, 0.25) is 0 Å². The van der Waals surface area contributed by atoms with Crippen molar-refractivity contribution in [1.29, 1.82) is 0 Å². The van der Waals surface area contributed by atoms with Gasteiger partial charge in [-0.2, -0.15) is 0 Å². The molecule has 0 radical (unpaired) electrons. The number of nitrogens with one attached hydrogen (secondary N) is 2. The van der Waals surface area contributed by atoms with Gasteiger partial charge in [-0.3, -0.25) is 10.9 Å². The van der Waals surface area contributed by atoms with Crippen LogP contribution in [-0.4, -0.2) is 13.1 Å². The Morgan fingerprint density at radius 3 is 2.50 bits per heavy atom. The molecule has 1 aromatic carbocycles. The summed E-state index contributed by atoms with van der Waals surface area (Å²) in [4.78, 5) is 0. The molecule has 0 heterocycles. The van der Waals surface area contributed by atoms with Crippen molar-refractivity contribution in [2.75, 3.05) is 13.1 Å². The van der Waals surface area contributed by atoms with E-state index in [1.54, 1.807) is 0 Å². The summed E-state index contributed by atoms with van der Waals surface area (Å²) in [6.07, 6.45) is 5.99. The number of unbranched alkanes of at least 4 members (excludes halogenated alkanes) is 2. The van der Waals surface area contributed by atoms with Crippen molar-refractivity contribution >= 4 is 23.2 Å². The average Bonchev–Trinajstić information content (AvgIpc) is 2.42. The Morgan fingerprint density at radius 2 is 1.85 bits per heavy atom. The van der Waals surface area contributed by atoms with Crippen LogP contribution in [0.2, 0.25) is 10.0 Å². The maximum absolute atomic E-state index is 6.31. The third kappa shape index (κ3) is 6.45. The van der Waals surface area contributed by atoms with Crippen LogP contribution in [0.3, 0.4) is 0 Å². The monoisotopic (exact) mass is 316 g/mol. The van der Waals surface area contributed by atoms with Crippen molar-refractivity contribution in [2.24, 2.45) is 0 Å². The van der Waals surface area contributed by atoms with Crippen LogP contribution in [0.4, 0.5) is 0 Å². The van der Waals surface area contributed by atoms with Gasteiger partial charge in [0.25, 0.3) is 0 Å². The highest BCUT2D eigenvalue weighted by molar-refractivity contribution is 6.35. The Morgan fingerprint density at radius 1 is 1.05 bits per heavy atom. The molecule has 1 rings (SSSR count). The van der Waals surface area contributed by atoms with Crippen LogP contribution in [0.15, 0.2) is 18.2 Å². The van der Waals surface area contributed by atoms with Crippen LogP contribution in [-0.2, 0) is 0 Å². The Kier molecular flexibility index (Phi) is 9.28. The summed E-state index contributed by atoms with van der Waals surface area (Å²) in [5.74, 6) is 0.420. The lowest BCUT2D eigenvalue weighted by molar-refractivity contribution is 0.463. The first kappa shape index (κ1) is 17.8. The topological polar surface area (TPSA) is 24.1 Å². The number of hydrogen-bond acceptors (Lipinski definition) is 2. The third-order valence-corrected chi connectivity index (χ3v) is 3.98. The van der Waals surface area contributed by atoms with E-state index < -0.39 is 0 Å². The first-order valence-corrected chi connectivity index (χ1v) is 8.35. The highest BCUT2D eigenvalue weighted by Gasteiger charge is 2.14. The zero-order chi connectivity index (χ0) is 14.8. The van der Waals surface area contributed by atoms with Gasteiger partial charge in [-0.25, -0.2) is 0 Å². The molecule has 0 bridgehead atoms. The minimum absolute atomic E-state index is 0.420. The molecule has 0 aromatic heterocycles. The van der Waals surface area contributed by atoms with Crippen molar-refractivity contribution in [3.63, 3.8) is 0 Å². The van der Waals surface area contributed by atoms with Gasteiger partial charge in [-0.05, 0) is 36.5 Å². The maximum atomic E-state index is 6.31. The molecular weight excluding hydrogens is 291 g/mol. The number of benzene rings is 1. The van der Waals surface area contributed by atoms with Gasteiger partial charge in [-0.1, -0.05) is 62.4 Å². The van der Waals surface area contributed by atoms with Crippen LogP contribution >= 0.6 is 23.2 Å². The van der Waals surface area contributed by atoms with Gasteiger partial charge in [-0.15, -0.1) is 0 Å². The van der Waals surface area contributed by atoms with E-state index >= 15 is 0 Å². The number of rotatable bonds is 10. The molecule has 1 atom stereocenters. The fourth-order valence-corrected chi connectivity index (χ4v) is 2.86. The Labute approximate surface area is 133 Å². The van der Waals surface area contributed by atoms with Gasteiger partial charge >= 0.3 is 0 Å². The van der Waals surface area contributed by atoms with Crippen molar-refractivity contribution < 1.29 is 0 Å². The molecule has 0 amide bonds. The van der Waals surface area contributed by atoms with Gasteiger partial charge in [0.15, 0.2) is 0 Å². The molecule has 1 unspecified atom stereocenters. The Bertz CT molecular complexity index is 383. The lowest BCUT2D eigenvalue weighted by atomic mass is 9.94. The van der Waals surface area contributed by atoms with E-state index in [9.17, 15) is 0 Å². The number of hydrazine groups is 1. The van der Waals surface area contributed by atoms with Crippen LogP contribution in [0.25, 0.3) is 0 Å². The van der Waals surface area contributed by atoms with E-state index in [1.165, 1.54) is 24.8 Å². The summed E-state index contributed by atoms with van der Waals surface area (Å²) in [7, 11) is 0. The van der Waals surface area contributed by atoms with E-state index in [0.29, 0.717) is 10.9 Å². The van der Waals surface area contributed by atoms with E-state index in [2.05, 4.69) is 24.7 Å². The normalized spacial score (nSPS) is 12.6. The summed E-state index contributed by atoms with van der Waals surface area (Å²) in [5.41, 5.74) is 7.80. The molecule has 0 aliphatic heterocycles. The van der Waals surface area contributed by atoms with Crippen LogP contribution in [0.1, 0.15) is 57.4 Å². The summed E-state index contributed by atoms with van der Waals surface area (Å²) >= 11 is 12.3. The standard InChI is InChI=1S/C16H26Cl2N2/c1-3-5-6-10-19-20-12-13(7-4-2)15-9-8-14(17)11-16(15)18/h8-9,11,13,19-20H,3-7,10,12H2,1-2H3. The van der Waals surface area contributed by atoms with Crippen molar-refractivity contribution in [2.45, 2.75) is 51.9 Å². The minimum atomic E-state index is 0.420. The third-order valence-electron chi connectivity index (χ3n) is 3.42. The molecule has 2 nitrogen and oxygen atoms in total. The van der Waals surface area contributed by atoms with Crippen molar-refractivity contribution in [3.8, 4) is 0 Å². The molecule has 114 valence electrons. The quantitative estimate of drug-likeness (QED) is 0.460. The van der Waals surface area contributed by atoms with Gasteiger partial charge < -0.3 is 0 Å². The van der Waals surface area contributed by atoms with Gasteiger partial charge in [0.1, 0.15) is 0 Å². The molecule has 0 fully saturated rings. The lowest BCUT2D eigenvalue weighted by Gasteiger charge is -2.19. The smallest absolute Gasteiger partial charge is 0.0456 e. The SMILES string of the molecule is CCCCCNNCC(CCC)c1ccc(Cl)cc1Cl. The van der Waals surface area contributed by atoms with Gasteiger partial charge in [0.05, 0.1) is 0 Å². The number of halogens is 2. The highest BCUT2D eigenvalue weighted by atomic mass is 35.5. The Hall–Kier alpha value is -0.280. The summed E-state index contributed by atoms with van der Waals surface area (Å²) < 4.78 is 0. The molecular formula is C16H26Cl2N2. The predicted octanol–water partition coefficient (Wildman–Crippen LogP) is 5.16. The molecule has 0 spiro atoms.